The molecule has 160 valence electrons. The van der Waals surface area contributed by atoms with Crippen molar-refractivity contribution in [3.63, 3.8) is 0 Å². The van der Waals surface area contributed by atoms with E-state index in [1.54, 1.807) is 6.07 Å². The molecule has 1 aromatic carbocycles. The fourth-order valence-electron chi connectivity index (χ4n) is 4.59. The smallest absolute Gasteiger partial charge is 0.159 e. The fourth-order valence-corrected chi connectivity index (χ4v) is 4.59. The van der Waals surface area contributed by atoms with E-state index in [0.717, 1.165) is 23.8 Å². The monoisotopic (exact) mass is 407 g/mol. The van der Waals surface area contributed by atoms with Crippen LogP contribution >= 0.6 is 0 Å². The van der Waals surface area contributed by atoms with Gasteiger partial charge < -0.3 is 0 Å². The SMILES string of the molecule is CCCCCCCC1CCC(CCc2cnc(-c3ccc(C#N)c(F)c3)nc2)CC1. The molecule has 0 radical (unpaired) electrons. The lowest BCUT2D eigenvalue weighted by molar-refractivity contribution is 0.248. The molecule has 2 aromatic rings. The third-order valence-corrected chi connectivity index (χ3v) is 6.58. The molecule has 1 aliphatic carbocycles. The van der Waals surface area contributed by atoms with Gasteiger partial charge in [-0.1, -0.05) is 71.1 Å². The maximum atomic E-state index is 13.8. The van der Waals surface area contributed by atoms with Crippen molar-refractivity contribution in [1.82, 2.24) is 9.97 Å². The van der Waals surface area contributed by atoms with Crippen LogP contribution in [0.15, 0.2) is 30.6 Å². The first-order chi connectivity index (χ1) is 14.7. The van der Waals surface area contributed by atoms with Crippen LogP contribution in [0.1, 0.15) is 88.7 Å². The number of aryl methyl sites for hydroxylation is 1. The van der Waals surface area contributed by atoms with Crippen molar-refractivity contribution in [1.29, 1.82) is 5.26 Å². The second kappa shape index (κ2) is 11.8. The molecule has 0 bridgehead atoms. The second-order valence-corrected chi connectivity index (χ2v) is 8.85. The minimum atomic E-state index is -0.528. The molecule has 0 saturated heterocycles. The molecule has 3 rings (SSSR count). The zero-order chi connectivity index (χ0) is 21.2. The highest BCUT2D eigenvalue weighted by Gasteiger charge is 2.20. The number of hydrogen-bond donors (Lipinski definition) is 0. The van der Waals surface area contributed by atoms with Gasteiger partial charge in [0.1, 0.15) is 11.9 Å². The Kier molecular flexibility index (Phi) is 8.81. The van der Waals surface area contributed by atoms with Crippen LogP contribution in [0.5, 0.6) is 0 Å². The van der Waals surface area contributed by atoms with Crippen molar-refractivity contribution in [2.75, 3.05) is 0 Å². The van der Waals surface area contributed by atoms with Crippen LogP contribution in [0.2, 0.25) is 0 Å². The molecule has 0 N–H and O–H groups in total. The molecule has 1 heterocycles. The van der Waals surface area contributed by atoms with Gasteiger partial charge in [-0.05, 0) is 48.4 Å². The van der Waals surface area contributed by atoms with Gasteiger partial charge in [0.05, 0.1) is 5.56 Å². The number of halogens is 1. The van der Waals surface area contributed by atoms with Crippen LogP contribution in [0, 0.1) is 29.0 Å². The van der Waals surface area contributed by atoms with E-state index in [1.807, 2.05) is 18.5 Å². The number of benzene rings is 1. The highest BCUT2D eigenvalue weighted by molar-refractivity contribution is 5.56. The van der Waals surface area contributed by atoms with Crippen molar-refractivity contribution >= 4 is 0 Å². The van der Waals surface area contributed by atoms with Gasteiger partial charge in [-0.25, -0.2) is 14.4 Å². The summed E-state index contributed by atoms with van der Waals surface area (Å²) in [6.45, 7) is 2.28. The van der Waals surface area contributed by atoms with Crippen molar-refractivity contribution in [3.8, 4) is 17.5 Å². The molecular formula is C26H34FN3. The summed E-state index contributed by atoms with van der Waals surface area (Å²) >= 11 is 0. The predicted octanol–water partition coefficient (Wildman–Crippen LogP) is 7.25. The third kappa shape index (κ3) is 6.62. The quantitative estimate of drug-likeness (QED) is 0.390. The van der Waals surface area contributed by atoms with Gasteiger partial charge in [-0.2, -0.15) is 5.26 Å². The van der Waals surface area contributed by atoms with Gasteiger partial charge in [0.2, 0.25) is 0 Å². The number of rotatable bonds is 10. The minimum absolute atomic E-state index is 0.0431. The molecule has 0 atom stereocenters. The van der Waals surface area contributed by atoms with E-state index in [2.05, 4.69) is 16.9 Å². The normalized spacial score (nSPS) is 18.8. The molecule has 0 aliphatic heterocycles. The summed E-state index contributed by atoms with van der Waals surface area (Å²) in [4.78, 5) is 8.83. The summed E-state index contributed by atoms with van der Waals surface area (Å²) < 4.78 is 13.8. The molecule has 1 aliphatic rings. The fraction of sp³-hybridized carbons (Fsp3) is 0.577. The van der Waals surface area contributed by atoms with Crippen LogP contribution in [0.4, 0.5) is 4.39 Å². The van der Waals surface area contributed by atoms with E-state index in [0.29, 0.717) is 11.4 Å². The molecule has 30 heavy (non-hydrogen) atoms. The summed E-state index contributed by atoms with van der Waals surface area (Å²) in [6, 6.07) is 6.33. The average molecular weight is 408 g/mol. The third-order valence-electron chi connectivity index (χ3n) is 6.58. The Morgan fingerprint density at radius 2 is 1.63 bits per heavy atom. The van der Waals surface area contributed by atoms with Crippen molar-refractivity contribution < 1.29 is 4.39 Å². The summed E-state index contributed by atoms with van der Waals surface area (Å²) in [5.74, 6) is 1.76. The average Bonchev–Trinajstić information content (AvgIpc) is 2.78. The first-order valence-electron chi connectivity index (χ1n) is 11.7. The number of nitriles is 1. The Morgan fingerprint density at radius 1 is 0.967 bits per heavy atom. The van der Waals surface area contributed by atoms with Crippen molar-refractivity contribution in [3.05, 3.63) is 47.5 Å². The maximum Gasteiger partial charge on any atom is 0.159 e. The van der Waals surface area contributed by atoms with E-state index in [1.165, 1.54) is 82.8 Å². The first kappa shape index (κ1) is 22.4. The molecule has 0 unspecified atom stereocenters. The standard InChI is InChI=1S/C26H34FN3/c1-2-3-4-5-6-7-20-8-10-21(11-9-20)12-13-22-18-29-26(30-19-22)23-14-15-24(17-28)25(27)16-23/h14-16,18-21H,2-13H2,1H3. The highest BCUT2D eigenvalue weighted by atomic mass is 19.1. The predicted molar refractivity (Wildman–Crippen MR) is 119 cm³/mol. The van der Waals surface area contributed by atoms with Crippen molar-refractivity contribution in [2.45, 2.75) is 84.0 Å². The lowest BCUT2D eigenvalue weighted by Crippen LogP contribution is -2.15. The molecular weight excluding hydrogens is 373 g/mol. The molecule has 1 fully saturated rings. The Morgan fingerprint density at radius 3 is 2.27 bits per heavy atom. The zero-order valence-corrected chi connectivity index (χ0v) is 18.2. The number of unbranched alkanes of at least 4 members (excludes halogenated alkanes) is 4. The Balaban J connectivity index is 1.40. The van der Waals surface area contributed by atoms with Gasteiger partial charge in [0, 0.05) is 18.0 Å². The zero-order valence-electron chi connectivity index (χ0n) is 18.2. The van der Waals surface area contributed by atoms with E-state index >= 15 is 0 Å². The summed E-state index contributed by atoms with van der Waals surface area (Å²) in [5, 5.41) is 8.84. The Labute approximate surface area is 180 Å². The van der Waals surface area contributed by atoms with Crippen LogP contribution < -0.4 is 0 Å². The van der Waals surface area contributed by atoms with Crippen LogP contribution in [-0.2, 0) is 6.42 Å². The van der Waals surface area contributed by atoms with Crippen molar-refractivity contribution in [2.24, 2.45) is 11.8 Å². The molecule has 1 saturated carbocycles. The van der Waals surface area contributed by atoms with E-state index < -0.39 is 5.82 Å². The van der Waals surface area contributed by atoms with Crippen LogP contribution in [0.3, 0.4) is 0 Å². The molecule has 1 aromatic heterocycles. The Bertz CT molecular complexity index is 817. The number of hydrogen-bond acceptors (Lipinski definition) is 3. The number of aromatic nitrogens is 2. The molecule has 0 spiro atoms. The van der Waals surface area contributed by atoms with Gasteiger partial charge in [0.25, 0.3) is 0 Å². The molecule has 3 nitrogen and oxygen atoms in total. The van der Waals surface area contributed by atoms with Gasteiger partial charge >= 0.3 is 0 Å². The largest absolute Gasteiger partial charge is 0.236 e. The topological polar surface area (TPSA) is 49.6 Å². The van der Waals surface area contributed by atoms with Crippen LogP contribution in [0.25, 0.3) is 11.4 Å². The van der Waals surface area contributed by atoms with E-state index in [4.69, 9.17) is 5.26 Å². The summed E-state index contributed by atoms with van der Waals surface area (Å²) in [6.07, 6.45) is 19.9. The van der Waals surface area contributed by atoms with Gasteiger partial charge in [-0.15, -0.1) is 0 Å². The number of nitrogens with zero attached hydrogens (tertiary/aromatic N) is 3. The first-order valence-corrected chi connectivity index (χ1v) is 11.7. The van der Waals surface area contributed by atoms with E-state index in [-0.39, 0.29) is 5.56 Å². The molecule has 0 amide bonds. The second-order valence-electron chi connectivity index (χ2n) is 8.85. The lowest BCUT2D eigenvalue weighted by Gasteiger charge is -2.28. The van der Waals surface area contributed by atoms with Crippen LogP contribution in [-0.4, -0.2) is 9.97 Å². The minimum Gasteiger partial charge on any atom is -0.236 e. The lowest BCUT2D eigenvalue weighted by atomic mass is 9.78. The van der Waals surface area contributed by atoms with Gasteiger partial charge in [-0.3, -0.25) is 0 Å². The van der Waals surface area contributed by atoms with Gasteiger partial charge in [0.15, 0.2) is 5.82 Å². The van der Waals surface area contributed by atoms with E-state index in [9.17, 15) is 4.39 Å². The molecule has 4 heteroatoms. The highest BCUT2D eigenvalue weighted by Crippen LogP contribution is 2.34. The maximum absolute atomic E-state index is 13.8. The summed E-state index contributed by atoms with van der Waals surface area (Å²) in [7, 11) is 0. The Hall–Kier alpha value is -2.28. The summed E-state index contributed by atoms with van der Waals surface area (Å²) in [5.41, 5.74) is 1.79.